The lowest BCUT2D eigenvalue weighted by Crippen LogP contribution is -2.37. The first-order valence-electron chi connectivity index (χ1n) is 9.32. The van der Waals surface area contributed by atoms with Gasteiger partial charge in [-0.25, -0.2) is 4.79 Å². The highest BCUT2D eigenvalue weighted by atomic mass is 16.6. The summed E-state index contributed by atoms with van der Waals surface area (Å²) in [5.74, 6) is -1.40. The molecule has 2 atom stereocenters. The van der Waals surface area contributed by atoms with Crippen LogP contribution in [0.2, 0.25) is 0 Å². The van der Waals surface area contributed by atoms with Gasteiger partial charge in [-0.05, 0) is 36.8 Å². The standard InChI is InChI=1S/C21H23N3O5/c1-2-28-19(26)12-29-15-6-3-13(4-7-15)18(25)11-24-9-14-5-8-16(21(22)23)20(27)17(14)10-24/h3-9,16-17H,2,10-12H2,1H3,(H3,22,23). The third-order valence-electron chi connectivity index (χ3n) is 4.80. The molecule has 1 aliphatic heterocycles. The number of nitrogens with zero attached hydrogens (tertiary/aromatic N) is 1. The molecule has 0 saturated heterocycles. The van der Waals surface area contributed by atoms with E-state index in [1.807, 2.05) is 6.20 Å². The van der Waals surface area contributed by atoms with E-state index in [0.29, 0.717) is 24.5 Å². The van der Waals surface area contributed by atoms with Crippen LogP contribution in [0.25, 0.3) is 0 Å². The van der Waals surface area contributed by atoms with Gasteiger partial charge in [-0.15, -0.1) is 0 Å². The van der Waals surface area contributed by atoms with Crippen molar-refractivity contribution in [3.8, 4) is 5.75 Å². The highest BCUT2D eigenvalue weighted by Gasteiger charge is 2.37. The van der Waals surface area contributed by atoms with Gasteiger partial charge in [-0.2, -0.15) is 0 Å². The van der Waals surface area contributed by atoms with Crippen molar-refractivity contribution in [2.24, 2.45) is 17.6 Å². The van der Waals surface area contributed by atoms with Crippen molar-refractivity contribution in [3.63, 3.8) is 0 Å². The topological polar surface area (TPSA) is 123 Å². The van der Waals surface area contributed by atoms with E-state index < -0.39 is 11.9 Å². The molecule has 0 saturated carbocycles. The van der Waals surface area contributed by atoms with Gasteiger partial charge in [-0.3, -0.25) is 15.0 Å². The summed E-state index contributed by atoms with van der Waals surface area (Å²) in [4.78, 5) is 38.2. The van der Waals surface area contributed by atoms with Crippen LogP contribution >= 0.6 is 0 Å². The van der Waals surface area contributed by atoms with Crippen LogP contribution in [0.3, 0.4) is 0 Å². The molecule has 2 aliphatic rings. The second-order valence-electron chi connectivity index (χ2n) is 6.85. The Morgan fingerprint density at radius 2 is 2.00 bits per heavy atom. The molecule has 0 bridgehead atoms. The van der Waals surface area contributed by atoms with Gasteiger partial charge >= 0.3 is 5.97 Å². The van der Waals surface area contributed by atoms with E-state index in [0.717, 1.165) is 5.57 Å². The number of nitrogens with one attached hydrogen (secondary N) is 1. The van der Waals surface area contributed by atoms with E-state index in [4.69, 9.17) is 20.6 Å². The molecule has 0 radical (unpaired) electrons. The smallest absolute Gasteiger partial charge is 0.344 e. The van der Waals surface area contributed by atoms with Gasteiger partial charge in [0.15, 0.2) is 18.2 Å². The van der Waals surface area contributed by atoms with E-state index in [2.05, 4.69) is 0 Å². The molecule has 1 aliphatic carbocycles. The number of benzene rings is 1. The van der Waals surface area contributed by atoms with Gasteiger partial charge < -0.3 is 20.1 Å². The summed E-state index contributed by atoms with van der Waals surface area (Å²) < 4.78 is 10.1. The van der Waals surface area contributed by atoms with Crippen LogP contribution in [0.4, 0.5) is 0 Å². The van der Waals surface area contributed by atoms with Crippen LogP contribution < -0.4 is 10.5 Å². The average molecular weight is 397 g/mol. The van der Waals surface area contributed by atoms with E-state index >= 15 is 0 Å². The molecule has 1 aromatic carbocycles. The number of esters is 1. The molecule has 152 valence electrons. The van der Waals surface area contributed by atoms with Crippen molar-refractivity contribution in [2.45, 2.75) is 6.92 Å². The zero-order valence-electron chi connectivity index (χ0n) is 16.1. The number of ketones is 2. The molecule has 0 aromatic heterocycles. The van der Waals surface area contributed by atoms with Crippen molar-refractivity contribution < 1.29 is 23.9 Å². The van der Waals surface area contributed by atoms with E-state index in [-0.39, 0.29) is 36.5 Å². The Morgan fingerprint density at radius 3 is 2.66 bits per heavy atom. The first-order chi connectivity index (χ1) is 13.9. The first kappa shape index (κ1) is 20.3. The third-order valence-corrected chi connectivity index (χ3v) is 4.80. The van der Waals surface area contributed by atoms with Crippen molar-refractivity contribution in [3.05, 3.63) is 53.8 Å². The molecular formula is C21H23N3O5. The number of fused-ring (bicyclic) bond motifs is 1. The van der Waals surface area contributed by atoms with Crippen LogP contribution in [0.1, 0.15) is 17.3 Å². The minimum atomic E-state index is -0.685. The highest BCUT2D eigenvalue weighted by molar-refractivity contribution is 6.07. The van der Waals surface area contributed by atoms with Crippen LogP contribution in [-0.2, 0) is 14.3 Å². The maximum absolute atomic E-state index is 12.6. The lowest BCUT2D eigenvalue weighted by molar-refractivity contribution is -0.145. The van der Waals surface area contributed by atoms with Gasteiger partial charge in [-0.1, -0.05) is 12.2 Å². The number of carbonyl (C=O) groups is 3. The van der Waals surface area contributed by atoms with Crippen molar-refractivity contribution >= 4 is 23.4 Å². The summed E-state index contributed by atoms with van der Waals surface area (Å²) >= 11 is 0. The Morgan fingerprint density at radius 1 is 1.28 bits per heavy atom. The number of carbonyl (C=O) groups excluding carboxylic acids is 3. The number of nitrogens with two attached hydrogens (primary N) is 1. The molecule has 0 spiro atoms. The molecule has 8 heteroatoms. The minimum Gasteiger partial charge on any atom is -0.482 e. The Labute approximate surface area is 168 Å². The number of hydrogen-bond acceptors (Lipinski definition) is 7. The SMILES string of the molecule is CCOC(=O)COc1ccc(C(=O)CN2C=C3C=CC(C(=N)N)C(=O)C3C2)cc1. The molecule has 3 rings (SSSR count). The maximum Gasteiger partial charge on any atom is 0.344 e. The molecule has 29 heavy (non-hydrogen) atoms. The summed E-state index contributed by atoms with van der Waals surface area (Å²) in [6.07, 6.45) is 5.25. The molecule has 2 unspecified atom stereocenters. The summed E-state index contributed by atoms with van der Waals surface area (Å²) in [5.41, 5.74) is 6.83. The van der Waals surface area contributed by atoms with Crippen LogP contribution in [0, 0.1) is 17.2 Å². The fraction of sp³-hybridized carbons (Fsp3) is 0.333. The Balaban J connectivity index is 1.56. The fourth-order valence-corrected chi connectivity index (χ4v) is 3.35. The predicted octanol–water partition coefficient (Wildman–Crippen LogP) is 1.32. The number of ether oxygens (including phenoxy) is 2. The van der Waals surface area contributed by atoms with E-state index in [1.165, 1.54) is 0 Å². The highest BCUT2D eigenvalue weighted by Crippen LogP contribution is 2.31. The summed E-state index contributed by atoms with van der Waals surface area (Å²) in [7, 11) is 0. The molecule has 0 amide bonds. The van der Waals surface area contributed by atoms with E-state index in [1.54, 1.807) is 48.2 Å². The quantitative estimate of drug-likeness (QED) is 0.293. The molecule has 0 fully saturated rings. The monoisotopic (exact) mass is 397 g/mol. The second-order valence-corrected chi connectivity index (χ2v) is 6.85. The zero-order chi connectivity index (χ0) is 21.0. The summed E-state index contributed by atoms with van der Waals surface area (Å²) in [6.45, 7) is 2.35. The Kier molecular flexibility index (Phi) is 6.11. The fourth-order valence-electron chi connectivity index (χ4n) is 3.35. The van der Waals surface area contributed by atoms with Gasteiger partial charge in [0, 0.05) is 18.3 Å². The van der Waals surface area contributed by atoms with Gasteiger partial charge in [0.1, 0.15) is 11.6 Å². The zero-order valence-corrected chi connectivity index (χ0v) is 16.1. The lowest BCUT2D eigenvalue weighted by atomic mass is 9.83. The normalized spacial score (nSPS) is 20.1. The van der Waals surface area contributed by atoms with Gasteiger partial charge in [0.2, 0.25) is 0 Å². The van der Waals surface area contributed by atoms with Crippen molar-refractivity contribution in [1.29, 1.82) is 5.41 Å². The van der Waals surface area contributed by atoms with Crippen molar-refractivity contribution in [2.75, 3.05) is 26.3 Å². The minimum absolute atomic E-state index is 0.100. The molecular weight excluding hydrogens is 374 g/mol. The largest absolute Gasteiger partial charge is 0.482 e. The van der Waals surface area contributed by atoms with Gasteiger partial charge in [0.25, 0.3) is 0 Å². The van der Waals surface area contributed by atoms with E-state index in [9.17, 15) is 14.4 Å². The third kappa shape index (κ3) is 4.71. The number of Topliss-reactive ketones (excluding diaryl/α,β-unsaturated/α-hetero) is 2. The lowest BCUT2D eigenvalue weighted by Gasteiger charge is -2.22. The molecule has 3 N–H and O–H groups in total. The average Bonchev–Trinajstić information content (AvgIpc) is 3.10. The molecule has 1 aromatic rings. The maximum atomic E-state index is 12.6. The number of hydrogen-bond donors (Lipinski definition) is 2. The number of rotatable bonds is 8. The Bertz CT molecular complexity index is 888. The van der Waals surface area contributed by atoms with Crippen LogP contribution in [0.15, 0.2) is 48.2 Å². The molecule has 1 heterocycles. The first-order valence-corrected chi connectivity index (χ1v) is 9.32. The molecule has 8 nitrogen and oxygen atoms in total. The van der Waals surface area contributed by atoms with Gasteiger partial charge in [0.05, 0.1) is 25.0 Å². The Hall–Kier alpha value is -3.42. The second kappa shape index (κ2) is 8.72. The summed E-state index contributed by atoms with van der Waals surface area (Å²) in [5, 5.41) is 7.52. The predicted molar refractivity (Wildman–Crippen MR) is 106 cm³/mol. The number of amidine groups is 1. The van der Waals surface area contributed by atoms with Crippen molar-refractivity contribution in [1.82, 2.24) is 4.90 Å². The van der Waals surface area contributed by atoms with Crippen LogP contribution in [-0.4, -0.2) is 54.6 Å². The van der Waals surface area contributed by atoms with Crippen LogP contribution in [0.5, 0.6) is 5.75 Å². The summed E-state index contributed by atoms with van der Waals surface area (Å²) in [6, 6.07) is 6.52. The number of allylic oxidation sites excluding steroid dienone is 1.